The van der Waals surface area contributed by atoms with Crippen LogP contribution in [-0.4, -0.2) is 26.2 Å². The van der Waals surface area contributed by atoms with E-state index in [1.165, 1.54) is 6.54 Å². The second-order valence-corrected chi connectivity index (χ2v) is 2.53. The van der Waals surface area contributed by atoms with E-state index in [4.69, 9.17) is 0 Å². The number of likely N-dealkylation sites (N-methyl/N-ethyl adjacent to an activating group) is 1. The van der Waals surface area contributed by atoms with Gasteiger partial charge in [0.15, 0.2) is 0 Å². The standard InChI is InChI=1S/C6H14N2/c1-5-3-8-4-6(5)7-2/h5-8H,3-4H2,1-2H3. The van der Waals surface area contributed by atoms with Crippen LogP contribution in [0.25, 0.3) is 0 Å². The van der Waals surface area contributed by atoms with Crippen molar-refractivity contribution < 1.29 is 0 Å². The Morgan fingerprint density at radius 3 is 2.50 bits per heavy atom. The number of nitrogens with one attached hydrogen (secondary N) is 2. The summed E-state index contributed by atoms with van der Waals surface area (Å²) >= 11 is 0. The van der Waals surface area contributed by atoms with Crippen LogP contribution in [0.2, 0.25) is 0 Å². The first-order chi connectivity index (χ1) is 3.84. The van der Waals surface area contributed by atoms with Gasteiger partial charge in [-0.15, -0.1) is 0 Å². The van der Waals surface area contributed by atoms with Crippen molar-refractivity contribution in [3.05, 3.63) is 0 Å². The molecule has 2 N–H and O–H groups in total. The maximum atomic E-state index is 3.31. The highest BCUT2D eigenvalue weighted by atomic mass is 15.0. The first-order valence-corrected chi connectivity index (χ1v) is 3.22. The van der Waals surface area contributed by atoms with Gasteiger partial charge in [0.1, 0.15) is 0 Å². The quantitative estimate of drug-likeness (QED) is 0.494. The Hall–Kier alpha value is -0.0800. The van der Waals surface area contributed by atoms with E-state index in [1.807, 2.05) is 7.05 Å². The molecule has 1 heterocycles. The summed E-state index contributed by atoms with van der Waals surface area (Å²) in [5, 5.41) is 6.56. The SMILES string of the molecule is CNC1CNCC1C. The molecule has 1 aliphatic heterocycles. The average Bonchev–Trinajstić information content (AvgIpc) is 2.14. The van der Waals surface area contributed by atoms with Crippen LogP contribution < -0.4 is 10.6 Å². The van der Waals surface area contributed by atoms with E-state index >= 15 is 0 Å². The highest BCUT2D eigenvalue weighted by Gasteiger charge is 2.19. The van der Waals surface area contributed by atoms with Crippen LogP contribution in [0, 0.1) is 5.92 Å². The Kier molecular flexibility index (Phi) is 1.86. The molecule has 0 bridgehead atoms. The molecule has 1 rings (SSSR count). The van der Waals surface area contributed by atoms with E-state index in [0.29, 0.717) is 6.04 Å². The maximum absolute atomic E-state index is 3.31. The van der Waals surface area contributed by atoms with Crippen molar-refractivity contribution in [3.8, 4) is 0 Å². The fourth-order valence-electron chi connectivity index (χ4n) is 1.20. The molecule has 1 saturated heterocycles. The Morgan fingerprint density at radius 1 is 1.50 bits per heavy atom. The van der Waals surface area contributed by atoms with Crippen molar-refractivity contribution in [2.24, 2.45) is 5.92 Å². The Balaban J connectivity index is 2.30. The summed E-state index contributed by atoms with van der Waals surface area (Å²) in [6.45, 7) is 4.57. The molecule has 2 atom stereocenters. The monoisotopic (exact) mass is 114 g/mol. The van der Waals surface area contributed by atoms with Gasteiger partial charge in [-0.3, -0.25) is 0 Å². The van der Waals surface area contributed by atoms with Gasteiger partial charge < -0.3 is 10.6 Å². The molecular weight excluding hydrogens is 100 g/mol. The van der Waals surface area contributed by atoms with Crippen LogP contribution >= 0.6 is 0 Å². The zero-order valence-electron chi connectivity index (χ0n) is 5.57. The highest BCUT2D eigenvalue weighted by Crippen LogP contribution is 2.05. The Labute approximate surface area is 50.7 Å². The van der Waals surface area contributed by atoms with Gasteiger partial charge in [-0.2, -0.15) is 0 Å². The largest absolute Gasteiger partial charge is 0.315 e. The fraction of sp³-hybridized carbons (Fsp3) is 1.00. The van der Waals surface area contributed by atoms with E-state index in [-0.39, 0.29) is 0 Å². The minimum atomic E-state index is 0.704. The van der Waals surface area contributed by atoms with Crippen LogP contribution in [0.4, 0.5) is 0 Å². The molecule has 2 heteroatoms. The molecule has 48 valence electrons. The lowest BCUT2D eigenvalue weighted by Crippen LogP contribution is -2.31. The molecule has 0 radical (unpaired) electrons. The van der Waals surface area contributed by atoms with Gasteiger partial charge in [-0.05, 0) is 19.5 Å². The van der Waals surface area contributed by atoms with Gasteiger partial charge >= 0.3 is 0 Å². The second-order valence-electron chi connectivity index (χ2n) is 2.53. The van der Waals surface area contributed by atoms with Crippen LogP contribution in [0.15, 0.2) is 0 Å². The molecule has 1 fully saturated rings. The van der Waals surface area contributed by atoms with Crippen LogP contribution in [-0.2, 0) is 0 Å². The number of hydrogen-bond donors (Lipinski definition) is 2. The third-order valence-electron chi connectivity index (χ3n) is 1.89. The summed E-state index contributed by atoms with van der Waals surface area (Å²) in [5.41, 5.74) is 0. The molecule has 0 aromatic heterocycles. The van der Waals surface area contributed by atoms with Crippen molar-refractivity contribution in [1.82, 2.24) is 10.6 Å². The van der Waals surface area contributed by atoms with E-state index in [2.05, 4.69) is 17.6 Å². The minimum absolute atomic E-state index is 0.704. The lowest BCUT2D eigenvalue weighted by Gasteiger charge is -2.10. The van der Waals surface area contributed by atoms with Gasteiger partial charge in [0.05, 0.1) is 0 Å². The molecule has 8 heavy (non-hydrogen) atoms. The summed E-state index contributed by atoms with van der Waals surface area (Å²) in [6, 6.07) is 0.704. The molecule has 0 aromatic carbocycles. The highest BCUT2D eigenvalue weighted by molar-refractivity contribution is 4.82. The summed E-state index contributed by atoms with van der Waals surface area (Å²) in [4.78, 5) is 0. The van der Waals surface area contributed by atoms with Crippen molar-refractivity contribution in [2.45, 2.75) is 13.0 Å². The molecule has 0 aromatic rings. The smallest absolute Gasteiger partial charge is 0.0227 e. The second kappa shape index (κ2) is 2.46. The van der Waals surface area contributed by atoms with Crippen LogP contribution in [0.3, 0.4) is 0 Å². The maximum Gasteiger partial charge on any atom is 0.0227 e. The molecule has 2 unspecified atom stereocenters. The number of hydrogen-bond acceptors (Lipinski definition) is 2. The van der Waals surface area contributed by atoms with Gasteiger partial charge in [-0.25, -0.2) is 0 Å². The Bertz CT molecular complexity index is 72.9. The summed E-state index contributed by atoms with van der Waals surface area (Å²) < 4.78 is 0. The van der Waals surface area contributed by atoms with Crippen molar-refractivity contribution in [1.29, 1.82) is 0 Å². The lowest BCUT2D eigenvalue weighted by molar-refractivity contribution is 0.490. The molecule has 0 aliphatic carbocycles. The Morgan fingerprint density at radius 2 is 2.25 bits per heavy atom. The van der Waals surface area contributed by atoms with Gasteiger partial charge in [0.25, 0.3) is 0 Å². The summed E-state index contributed by atoms with van der Waals surface area (Å²) in [5.74, 6) is 0.806. The summed E-state index contributed by atoms with van der Waals surface area (Å²) in [7, 11) is 2.02. The summed E-state index contributed by atoms with van der Waals surface area (Å²) in [6.07, 6.45) is 0. The van der Waals surface area contributed by atoms with Gasteiger partial charge in [0.2, 0.25) is 0 Å². The van der Waals surface area contributed by atoms with Gasteiger partial charge in [-0.1, -0.05) is 6.92 Å². The van der Waals surface area contributed by atoms with Crippen molar-refractivity contribution in [2.75, 3.05) is 20.1 Å². The third kappa shape index (κ3) is 1.01. The molecule has 2 nitrogen and oxygen atoms in total. The first-order valence-electron chi connectivity index (χ1n) is 3.22. The molecule has 0 amide bonds. The predicted molar refractivity (Wildman–Crippen MR) is 34.9 cm³/mol. The van der Waals surface area contributed by atoms with Gasteiger partial charge in [0, 0.05) is 12.6 Å². The topological polar surface area (TPSA) is 24.1 Å². The average molecular weight is 114 g/mol. The first kappa shape index (κ1) is 6.05. The zero-order valence-corrected chi connectivity index (χ0v) is 5.57. The predicted octanol–water partition coefficient (Wildman–Crippen LogP) is -0.186. The van der Waals surface area contributed by atoms with Crippen molar-refractivity contribution >= 4 is 0 Å². The fourth-order valence-corrected chi connectivity index (χ4v) is 1.20. The third-order valence-corrected chi connectivity index (χ3v) is 1.89. The molecule has 0 spiro atoms. The van der Waals surface area contributed by atoms with E-state index in [1.54, 1.807) is 0 Å². The number of rotatable bonds is 1. The van der Waals surface area contributed by atoms with E-state index in [0.717, 1.165) is 12.5 Å². The lowest BCUT2D eigenvalue weighted by atomic mass is 10.1. The molecule has 1 aliphatic rings. The molecule has 0 saturated carbocycles. The minimum Gasteiger partial charge on any atom is -0.315 e. The van der Waals surface area contributed by atoms with E-state index < -0.39 is 0 Å². The normalized spacial score (nSPS) is 38.2. The zero-order chi connectivity index (χ0) is 5.98. The van der Waals surface area contributed by atoms with E-state index in [9.17, 15) is 0 Å². The molecular formula is C6H14N2. The van der Waals surface area contributed by atoms with Crippen molar-refractivity contribution in [3.63, 3.8) is 0 Å². The van der Waals surface area contributed by atoms with Crippen LogP contribution in [0.1, 0.15) is 6.92 Å². The van der Waals surface area contributed by atoms with Crippen LogP contribution in [0.5, 0.6) is 0 Å².